The van der Waals surface area contributed by atoms with Gasteiger partial charge in [0.15, 0.2) is 0 Å². The van der Waals surface area contributed by atoms with Crippen molar-refractivity contribution >= 4 is 0 Å². The summed E-state index contributed by atoms with van der Waals surface area (Å²) in [4.78, 5) is 0. The molecule has 0 unspecified atom stereocenters. The van der Waals surface area contributed by atoms with E-state index in [9.17, 15) is 0 Å². The molecule has 0 nitrogen and oxygen atoms in total. The zero-order chi connectivity index (χ0) is 4.28. The molecule has 6 heavy (non-hydrogen) atoms. The number of hydrogen-bond acceptors (Lipinski definition) is 0. The van der Waals surface area contributed by atoms with Crippen LogP contribution in [0.15, 0.2) is 18.2 Å². The monoisotopic (exact) mass is 74.1 g/mol. The molecule has 0 atom stereocenters. The van der Waals surface area contributed by atoms with E-state index in [1.54, 1.807) is 0 Å². The van der Waals surface area contributed by atoms with Crippen molar-refractivity contribution in [2.45, 2.75) is 6.92 Å². The molecular weight excluding hydrogens is 67.0 g/mol. The summed E-state index contributed by atoms with van der Waals surface area (Å²) in [5.74, 6) is 0. The van der Waals surface area contributed by atoms with Gasteiger partial charge in [-0.15, -0.1) is 6.92 Å². The summed E-state index contributed by atoms with van der Waals surface area (Å²) in [6.45, 7) is 10.3. The van der Waals surface area contributed by atoms with Gasteiger partial charge in [-0.1, -0.05) is 0 Å². The minimum absolute atomic E-state index is 0. The molecule has 0 saturated carbocycles. The molecule has 0 aromatic rings. The van der Waals surface area contributed by atoms with Crippen LogP contribution in [0.4, 0.5) is 0 Å². The summed E-state index contributed by atoms with van der Waals surface area (Å²) in [7, 11) is 0. The third-order valence-corrected chi connectivity index (χ3v) is 0.285. The second-order valence-electron chi connectivity index (χ2n) is 1.01. The van der Waals surface area contributed by atoms with E-state index in [2.05, 4.69) is 6.58 Å². The van der Waals surface area contributed by atoms with Crippen molar-refractivity contribution < 1.29 is 18.9 Å². The molecule has 1 heteroatoms. The van der Waals surface area contributed by atoms with Crippen molar-refractivity contribution in [3.8, 4) is 0 Å². The van der Waals surface area contributed by atoms with E-state index in [1.165, 1.54) is 6.08 Å². The maximum Gasteiger partial charge on any atom is 1.00 e. The van der Waals surface area contributed by atoms with E-state index in [-0.39, 0.29) is 18.9 Å². The fraction of sp³-hybridized carbons (Fsp3) is 0.200. The number of allylic oxidation sites excluding steroid dienone is 2. The minimum Gasteiger partial charge on any atom is -0.293 e. The average Bonchev–Trinajstić information content (AvgIpc) is 1.38. The molecule has 0 heterocycles. The Morgan fingerprint density at radius 1 is 1.83 bits per heavy atom. The van der Waals surface area contributed by atoms with Gasteiger partial charge in [0.2, 0.25) is 0 Å². The molecular formula is C5H7Li. The van der Waals surface area contributed by atoms with Crippen molar-refractivity contribution in [2.24, 2.45) is 0 Å². The first-order chi connectivity index (χ1) is 2.27. The van der Waals surface area contributed by atoms with Gasteiger partial charge in [-0.3, -0.25) is 6.58 Å². The van der Waals surface area contributed by atoms with Crippen molar-refractivity contribution in [3.63, 3.8) is 0 Å². The van der Waals surface area contributed by atoms with Gasteiger partial charge in [0.05, 0.1) is 0 Å². The molecule has 0 aliphatic heterocycles. The second-order valence-corrected chi connectivity index (χ2v) is 1.01. The summed E-state index contributed by atoms with van der Waals surface area (Å²) >= 11 is 0. The van der Waals surface area contributed by atoms with Crippen molar-refractivity contribution in [2.75, 3.05) is 0 Å². The van der Waals surface area contributed by atoms with Crippen LogP contribution in [0, 0.1) is 6.58 Å². The maximum atomic E-state index is 4.95. The van der Waals surface area contributed by atoms with E-state index in [4.69, 9.17) is 6.58 Å². The van der Waals surface area contributed by atoms with Gasteiger partial charge in [0.1, 0.15) is 0 Å². The first kappa shape index (κ1) is 9.42. The van der Waals surface area contributed by atoms with Gasteiger partial charge in [-0.05, 0) is 0 Å². The maximum absolute atomic E-state index is 4.95. The average molecular weight is 74.1 g/mol. The van der Waals surface area contributed by atoms with Crippen LogP contribution in [0.25, 0.3) is 0 Å². The molecule has 0 aromatic heterocycles. The molecule has 0 fully saturated rings. The van der Waals surface area contributed by atoms with Gasteiger partial charge in [-0.2, -0.15) is 6.58 Å². The van der Waals surface area contributed by atoms with E-state index in [0.717, 1.165) is 5.57 Å². The van der Waals surface area contributed by atoms with Crippen LogP contribution >= 0.6 is 0 Å². The van der Waals surface area contributed by atoms with E-state index in [0.29, 0.717) is 0 Å². The summed E-state index contributed by atoms with van der Waals surface area (Å²) in [6, 6.07) is 0. The standard InChI is InChI=1S/C5H7.Li/c1-4-5(2)3;/h1,4H,2H2,3H3;/q-1;+1. The largest absolute Gasteiger partial charge is 1.00 e. The molecule has 0 amide bonds. The van der Waals surface area contributed by atoms with Crippen LogP contribution in [0.2, 0.25) is 0 Å². The van der Waals surface area contributed by atoms with Crippen LogP contribution in [-0.4, -0.2) is 0 Å². The molecule has 0 aromatic carbocycles. The molecule has 0 aliphatic carbocycles. The van der Waals surface area contributed by atoms with E-state index < -0.39 is 0 Å². The Hall–Kier alpha value is 0.0774. The zero-order valence-electron chi connectivity index (χ0n) is 4.36. The molecule has 0 spiro atoms. The SMILES string of the molecule is [CH-]=CC(=C)C.[Li+]. The fourth-order valence-electron chi connectivity index (χ4n) is 0. The Morgan fingerprint density at radius 3 is 2.00 bits per heavy atom. The molecule has 0 aliphatic rings. The Labute approximate surface area is 51.1 Å². The predicted octanol–water partition coefficient (Wildman–Crippen LogP) is -1.44. The first-order valence-electron chi connectivity index (χ1n) is 1.48. The third-order valence-electron chi connectivity index (χ3n) is 0.285. The quantitative estimate of drug-likeness (QED) is 0.203. The third kappa shape index (κ3) is 8.95. The van der Waals surface area contributed by atoms with Gasteiger partial charge < -0.3 is 0 Å². The Morgan fingerprint density at radius 2 is 2.00 bits per heavy atom. The van der Waals surface area contributed by atoms with Gasteiger partial charge in [0, 0.05) is 0 Å². The molecule has 0 radical (unpaired) electrons. The van der Waals surface area contributed by atoms with Crippen LogP contribution in [0.1, 0.15) is 6.92 Å². The number of rotatable bonds is 1. The molecule has 0 N–H and O–H groups in total. The molecule has 0 bridgehead atoms. The van der Waals surface area contributed by atoms with Crippen LogP contribution in [-0.2, 0) is 0 Å². The summed E-state index contributed by atoms with van der Waals surface area (Å²) < 4.78 is 0. The normalized spacial score (nSPS) is 5.50. The Kier molecular flexibility index (Phi) is 7.97. The van der Waals surface area contributed by atoms with Crippen LogP contribution in [0.3, 0.4) is 0 Å². The Balaban J connectivity index is 0. The smallest absolute Gasteiger partial charge is 0.293 e. The Bertz CT molecular complexity index is 55.0. The fourth-order valence-corrected chi connectivity index (χ4v) is 0. The van der Waals surface area contributed by atoms with E-state index >= 15 is 0 Å². The minimum atomic E-state index is 0. The van der Waals surface area contributed by atoms with Gasteiger partial charge >= 0.3 is 18.9 Å². The first-order valence-corrected chi connectivity index (χ1v) is 1.48. The molecule has 0 saturated heterocycles. The van der Waals surface area contributed by atoms with Gasteiger partial charge in [0.25, 0.3) is 0 Å². The van der Waals surface area contributed by atoms with Gasteiger partial charge in [-0.25, -0.2) is 11.6 Å². The second kappa shape index (κ2) is 5.08. The van der Waals surface area contributed by atoms with Crippen molar-refractivity contribution in [1.29, 1.82) is 0 Å². The summed E-state index contributed by atoms with van der Waals surface area (Å²) in [6.07, 6.45) is 1.47. The predicted molar refractivity (Wildman–Crippen MR) is 23.7 cm³/mol. The zero-order valence-corrected chi connectivity index (χ0v) is 4.36. The molecule has 28 valence electrons. The van der Waals surface area contributed by atoms with Crippen molar-refractivity contribution in [3.05, 3.63) is 24.8 Å². The topological polar surface area (TPSA) is 0 Å². The molecule has 0 rings (SSSR count). The van der Waals surface area contributed by atoms with E-state index in [1.807, 2.05) is 6.92 Å². The van der Waals surface area contributed by atoms with Crippen LogP contribution < -0.4 is 18.9 Å². The summed E-state index contributed by atoms with van der Waals surface area (Å²) in [5, 5.41) is 0. The summed E-state index contributed by atoms with van der Waals surface area (Å²) in [5.41, 5.74) is 0.907. The van der Waals surface area contributed by atoms with Crippen LogP contribution in [0.5, 0.6) is 0 Å². The van der Waals surface area contributed by atoms with Crippen molar-refractivity contribution in [1.82, 2.24) is 0 Å². The number of hydrogen-bond donors (Lipinski definition) is 0.